The Bertz CT molecular complexity index is 1720. The van der Waals surface area contributed by atoms with Gasteiger partial charge in [0.25, 0.3) is 6.47 Å². The van der Waals surface area contributed by atoms with Gasteiger partial charge >= 0.3 is 5.97 Å². The van der Waals surface area contributed by atoms with E-state index in [-0.39, 0.29) is 32.1 Å². The minimum atomic E-state index is -0.833. The number of halogens is 1. The molecule has 1 atom stereocenters. The van der Waals surface area contributed by atoms with Crippen LogP contribution in [0.15, 0.2) is 71.9 Å². The number of carboxylic acids is 1. The second-order valence-corrected chi connectivity index (χ2v) is 12.6. The summed E-state index contributed by atoms with van der Waals surface area (Å²) in [5, 5.41) is 29.0. The summed E-state index contributed by atoms with van der Waals surface area (Å²) in [6, 6.07) is 17.5. The van der Waals surface area contributed by atoms with Gasteiger partial charge in [0.05, 0.1) is 18.1 Å². The van der Waals surface area contributed by atoms with Crippen molar-refractivity contribution in [2.24, 2.45) is 0 Å². The van der Waals surface area contributed by atoms with E-state index in [9.17, 15) is 9.90 Å². The molecule has 1 aromatic heterocycles. The molecular weight excluding hydrogens is 672 g/mol. The second-order valence-electron chi connectivity index (χ2n) is 11.0. The molecule has 4 aromatic rings. The van der Waals surface area contributed by atoms with Crippen LogP contribution in [0.3, 0.4) is 0 Å². The number of benzene rings is 3. The highest BCUT2D eigenvalue weighted by Crippen LogP contribution is 2.37. The van der Waals surface area contributed by atoms with Crippen LogP contribution >= 0.6 is 23.4 Å². The monoisotopic (exact) mass is 710 g/mol. The number of aliphatic hydroxyl groups is 1. The molecule has 260 valence electrons. The summed E-state index contributed by atoms with van der Waals surface area (Å²) in [7, 11) is 0. The van der Waals surface area contributed by atoms with Crippen molar-refractivity contribution in [2.45, 2.75) is 51.0 Å². The number of fused-ring (bicyclic) bond motifs is 1. The van der Waals surface area contributed by atoms with E-state index in [0.717, 1.165) is 49.8 Å². The van der Waals surface area contributed by atoms with E-state index in [2.05, 4.69) is 23.3 Å². The third kappa shape index (κ3) is 11.0. The maximum Gasteiger partial charge on any atom is 0.304 e. The van der Waals surface area contributed by atoms with Crippen molar-refractivity contribution in [3.05, 3.63) is 94.3 Å². The average molecular weight is 711 g/mol. The van der Waals surface area contributed by atoms with Crippen LogP contribution in [0.25, 0.3) is 11.1 Å². The van der Waals surface area contributed by atoms with Crippen LogP contribution in [-0.2, 0) is 29.3 Å². The van der Waals surface area contributed by atoms with Crippen LogP contribution in [0.1, 0.15) is 35.6 Å². The van der Waals surface area contributed by atoms with E-state index in [1.165, 1.54) is 11.8 Å². The minimum absolute atomic E-state index is 0.00615. The number of ether oxygens (including phenoxy) is 4. The molecule has 11 nitrogen and oxygen atoms in total. The van der Waals surface area contributed by atoms with Gasteiger partial charge in [0.2, 0.25) is 0 Å². The van der Waals surface area contributed by atoms with Crippen molar-refractivity contribution in [3.8, 4) is 34.1 Å². The Morgan fingerprint density at radius 3 is 2.55 bits per heavy atom. The molecule has 1 aliphatic heterocycles. The van der Waals surface area contributed by atoms with Gasteiger partial charge in [0.1, 0.15) is 37.9 Å². The number of hydrogen-bond donors (Lipinski definition) is 4. The van der Waals surface area contributed by atoms with Crippen molar-refractivity contribution in [3.63, 3.8) is 0 Å². The van der Waals surface area contributed by atoms with Crippen LogP contribution in [0.5, 0.6) is 23.0 Å². The molecule has 1 unspecified atom stereocenters. The van der Waals surface area contributed by atoms with E-state index in [1.807, 2.05) is 49.4 Å². The summed E-state index contributed by atoms with van der Waals surface area (Å²) < 4.78 is 24.0. The first-order chi connectivity index (χ1) is 23.7. The molecule has 0 aliphatic carbocycles. The van der Waals surface area contributed by atoms with Gasteiger partial charge in [-0.3, -0.25) is 14.6 Å². The summed E-state index contributed by atoms with van der Waals surface area (Å²) in [6.45, 7) is 5.74. The molecule has 0 radical (unpaired) electrons. The Kier molecular flexibility index (Phi) is 14.4. The van der Waals surface area contributed by atoms with Crippen molar-refractivity contribution in [2.75, 3.05) is 25.6 Å². The van der Waals surface area contributed by atoms with Crippen molar-refractivity contribution in [1.29, 1.82) is 0 Å². The lowest BCUT2D eigenvalue weighted by molar-refractivity contribution is -0.136. The largest absolute Gasteiger partial charge is 0.488 e. The summed E-state index contributed by atoms with van der Waals surface area (Å²) >= 11 is 8.16. The van der Waals surface area contributed by atoms with Gasteiger partial charge in [0.15, 0.2) is 11.5 Å². The predicted octanol–water partition coefficient (Wildman–Crippen LogP) is 6.38. The zero-order chi connectivity index (χ0) is 35.2. The summed E-state index contributed by atoms with van der Waals surface area (Å²) in [5.41, 5.74) is 5.85. The number of hydrogen-bond acceptors (Lipinski definition) is 10. The molecular formula is C36H39ClN2O9S. The fourth-order valence-corrected chi connectivity index (χ4v) is 5.99. The summed E-state index contributed by atoms with van der Waals surface area (Å²) in [6.07, 6.45) is 3.50. The number of carboxylic acid groups (broad SMARTS) is 2. The molecule has 13 heteroatoms. The maximum absolute atomic E-state index is 10.9. The highest BCUT2D eigenvalue weighted by atomic mass is 35.5. The quantitative estimate of drug-likeness (QED) is 0.0799. The number of nitrogens with one attached hydrogen (secondary N) is 1. The predicted molar refractivity (Wildman–Crippen MR) is 187 cm³/mol. The van der Waals surface area contributed by atoms with Crippen LogP contribution in [-0.4, -0.2) is 64.4 Å². The highest BCUT2D eigenvalue weighted by Gasteiger charge is 2.16. The van der Waals surface area contributed by atoms with Gasteiger partial charge in [-0.1, -0.05) is 35.9 Å². The van der Waals surface area contributed by atoms with Gasteiger partial charge in [-0.15, -0.1) is 11.8 Å². The Hall–Kier alpha value is -4.49. The van der Waals surface area contributed by atoms with Crippen LogP contribution < -0.4 is 24.3 Å². The lowest BCUT2D eigenvalue weighted by Gasteiger charge is -2.20. The fraction of sp³-hybridized carbons (Fsp3) is 0.306. The molecule has 4 N–H and O–H groups in total. The third-order valence-electron chi connectivity index (χ3n) is 7.46. The van der Waals surface area contributed by atoms with Gasteiger partial charge in [-0.25, -0.2) is 0 Å². The first-order valence-electron chi connectivity index (χ1n) is 15.5. The Morgan fingerprint density at radius 2 is 1.80 bits per heavy atom. The number of aliphatic hydroxyl groups excluding tert-OH is 1. The van der Waals surface area contributed by atoms with E-state index < -0.39 is 5.97 Å². The third-order valence-corrected chi connectivity index (χ3v) is 8.72. The maximum atomic E-state index is 10.9. The number of carbonyl (C=O) groups is 2. The van der Waals surface area contributed by atoms with E-state index in [0.29, 0.717) is 48.6 Å². The smallest absolute Gasteiger partial charge is 0.304 e. The fourth-order valence-electron chi connectivity index (χ4n) is 4.87. The lowest BCUT2D eigenvalue weighted by Crippen LogP contribution is -2.28. The van der Waals surface area contributed by atoms with Gasteiger partial charge in [0, 0.05) is 52.8 Å². The zero-order valence-electron chi connectivity index (χ0n) is 27.2. The van der Waals surface area contributed by atoms with Gasteiger partial charge in [-0.2, -0.15) is 0 Å². The molecule has 2 heterocycles. The van der Waals surface area contributed by atoms with Gasteiger partial charge < -0.3 is 39.6 Å². The number of nitrogens with zero attached hydrogens (tertiary/aromatic N) is 1. The number of aromatic nitrogens is 1. The summed E-state index contributed by atoms with van der Waals surface area (Å²) in [4.78, 5) is 24.4. The van der Waals surface area contributed by atoms with E-state index in [1.54, 1.807) is 18.5 Å². The summed E-state index contributed by atoms with van der Waals surface area (Å²) in [5.74, 6) is 2.19. The number of aliphatic carboxylic acids is 1. The normalized spacial score (nSPS) is 12.3. The average Bonchev–Trinajstić information content (AvgIpc) is 3.10. The number of pyridine rings is 1. The van der Waals surface area contributed by atoms with E-state index in [4.69, 9.17) is 45.6 Å². The highest BCUT2D eigenvalue weighted by molar-refractivity contribution is 7.99. The molecule has 5 rings (SSSR count). The van der Waals surface area contributed by atoms with Crippen molar-refractivity contribution < 1.29 is 43.9 Å². The zero-order valence-corrected chi connectivity index (χ0v) is 28.8. The SMILES string of the molecule is Cc1c(COc2cc(OCc3cncc(SCCC(=O)O)c3)c(CNC(C)CO)cc2Cl)cccc1-c1ccc2c(c1)OCCO2.O=CO. The van der Waals surface area contributed by atoms with Crippen LogP contribution in [0.2, 0.25) is 5.02 Å². The lowest BCUT2D eigenvalue weighted by atomic mass is 9.96. The van der Waals surface area contributed by atoms with E-state index >= 15 is 0 Å². The second kappa shape index (κ2) is 18.9. The number of rotatable bonds is 15. The first-order valence-corrected chi connectivity index (χ1v) is 16.9. The topological polar surface area (TPSA) is 157 Å². The van der Waals surface area contributed by atoms with Gasteiger partial charge in [-0.05, 0) is 60.4 Å². The molecule has 0 fully saturated rings. The van der Waals surface area contributed by atoms with Crippen molar-refractivity contribution >= 4 is 35.8 Å². The standard InChI is InChI=1S/C35H37ClN2O7S.CH2O2/c1-22(19-39)38-17-27-13-30(36)33(15-32(27)44-20-24-12-28(18-37-16-24)46-11-8-35(40)41)45-21-26-4-3-5-29(23(26)2)25-6-7-31-34(14-25)43-10-9-42-31;2-1-3/h3-7,12-16,18,22,38-39H,8-11,17,19-21H2,1-2H3,(H,40,41);1H,(H,2,3). The molecule has 3 aromatic carbocycles. The Morgan fingerprint density at radius 1 is 1.04 bits per heavy atom. The molecule has 0 saturated carbocycles. The molecule has 0 bridgehead atoms. The minimum Gasteiger partial charge on any atom is -0.488 e. The first kappa shape index (κ1) is 37.3. The Labute approximate surface area is 294 Å². The van der Waals surface area contributed by atoms with Crippen LogP contribution in [0.4, 0.5) is 0 Å². The van der Waals surface area contributed by atoms with Crippen LogP contribution in [0, 0.1) is 6.92 Å². The molecule has 49 heavy (non-hydrogen) atoms. The molecule has 0 amide bonds. The molecule has 1 aliphatic rings. The number of thioether (sulfide) groups is 1. The Balaban J connectivity index is 0.00000174. The van der Waals surface area contributed by atoms with Crippen molar-refractivity contribution in [1.82, 2.24) is 10.3 Å². The molecule has 0 spiro atoms. The molecule has 0 saturated heterocycles.